The van der Waals surface area contributed by atoms with Crippen molar-refractivity contribution >= 4 is 5.91 Å². The number of benzene rings is 1. The Morgan fingerprint density at radius 1 is 1.29 bits per heavy atom. The van der Waals surface area contributed by atoms with E-state index < -0.39 is 6.04 Å². The fourth-order valence-electron chi connectivity index (χ4n) is 2.16. The van der Waals surface area contributed by atoms with Gasteiger partial charge in [0.05, 0.1) is 0 Å². The van der Waals surface area contributed by atoms with Crippen molar-refractivity contribution in [1.82, 2.24) is 15.7 Å². The molecular formula is C12H17N3O2. The van der Waals surface area contributed by atoms with E-state index in [4.69, 9.17) is 5.21 Å². The lowest BCUT2D eigenvalue weighted by molar-refractivity contribution is -0.135. The Labute approximate surface area is 100 Å². The van der Waals surface area contributed by atoms with Crippen LogP contribution in [0, 0.1) is 0 Å². The lowest BCUT2D eigenvalue weighted by atomic mass is 10.0. The number of hydroxylamine groups is 1. The van der Waals surface area contributed by atoms with E-state index in [9.17, 15) is 4.79 Å². The van der Waals surface area contributed by atoms with Crippen LogP contribution in [0.5, 0.6) is 0 Å². The molecular weight excluding hydrogens is 218 g/mol. The molecule has 1 aliphatic rings. The number of carbonyl (C=O) groups is 1. The fourth-order valence-corrected chi connectivity index (χ4v) is 2.16. The number of nitrogens with one attached hydrogen (secondary N) is 2. The van der Waals surface area contributed by atoms with Crippen LogP contribution < -0.4 is 10.8 Å². The molecule has 1 fully saturated rings. The zero-order valence-electron chi connectivity index (χ0n) is 9.60. The summed E-state index contributed by atoms with van der Waals surface area (Å²) in [6.07, 6.45) is 0. The topological polar surface area (TPSA) is 64.6 Å². The molecule has 17 heavy (non-hydrogen) atoms. The summed E-state index contributed by atoms with van der Waals surface area (Å²) in [4.78, 5) is 13.9. The second kappa shape index (κ2) is 5.77. The standard InChI is InChI=1S/C12H17N3O2/c16-12(14-17)11(10-4-2-1-3-5-10)15-8-6-13-7-9-15/h1-5,11,13,17H,6-9H2,(H,14,16). The van der Waals surface area contributed by atoms with Crippen molar-refractivity contribution in [3.8, 4) is 0 Å². The van der Waals surface area contributed by atoms with Crippen molar-refractivity contribution in [3.05, 3.63) is 35.9 Å². The zero-order valence-corrected chi connectivity index (χ0v) is 9.60. The highest BCUT2D eigenvalue weighted by Gasteiger charge is 2.28. The number of carbonyl (C=O) groups excluding carboxylic acids is 1. The van der Waals surface area contributed by atoms with Gasteiger partial charge in [0.15, 0.2) is 0 Å². The zero-order chi connectivity index (χ0) is 12.1. The van der Waals surface area contributed by atoms with E-state index in [1.54, 1.807) is 5.48 Å². The molecule has 0 bridgehead atoms. The van der Waals surface area contributed by atoms with Crippen molar-refractivity contribution in [1.29, 1.82) is 0 Å². The van der Waals surface area contributed by atoms with Crippen LogP contribution in [0.4, 0.5) is 0 Å². The van der Waals surface area contributed by atoms with Crippen molar-refractivity contribution in [2.75, 3.05) is 26.2 Å². The molecule has 1 aromatic rings. The molecule has 2 rings (SSSR count). The highest BCUT2D eigenvalue weighted by atomic mass is 16.5. The normalized spacial score (nSPS) is 18.6. The molecule has 0 aliphatic carbocycles. The van der Waals surface area contributed by atoms with Gasteiger partial charge >= 0.3 is 0 Å². The minimum atomic E-state index is -0.414. The molecule has 1 amide bonds. The van der Waals surface area contributed by atoms with Gasteiger partial charge in [-0.15, -0.1) is 0 Å². The third kappa shape index (κ3) is 2.82. The summed E-state index contributed by atoms with van der Waals surface area (Å²) in [6.45, 7) is 3.32. The van der Waals surface area contributed by atoms with Gasteiger partial charge in [-0.2, -0.15) is 0 Å². The predicted octanol–water partition coefficient (Wildman–Crippen LogP) is 0.138. The molecule has 0 saturated carbocycles. The van der Waals surface area contributed by atoms with Crippen molar-refractivity contribution < 1.29 is 10.0 Å². The van der Waals surface area contributed by atoms with Crippen LogP contribution in [-0.2, 0) is 4.79 Å². The smallest absolute Gasteiger partial charge is 0.265 e. The van der Waals surface area contributed by atoms with Crippen LogP contribution in [0.1, 0.15) is 11.6 Å². The van der Waals surface area contributed by atoms with Crippen LogP contribution in [0.2, 0.25) is 0 Å². The molecule has 0 spiro atoms. The molecule has 0 radical (unpaired) electrons. The maximum Gasteiger partial charge on any atom is 0.265 e. The largest absolute Gasteiger partial charge is 0.314 e. The van der Waals surface area contributed by atoms with Crippen LogP contribution in [0.25, 0.3) is 0 Å². The van der Waals surface area contributed by atoms with Crippen LogP contribution in [0.3, 0.4) is 0 Å². The Hall–Kier alpha value is -1.43. The van der Waals surface area contributed by atoms with E-state index in [1.807, 2.05) is 30.3 Å². The second-order valence-corrected chi connectivity index (χ2v) is 4.08. The Morgan fingerprint density at radius 2 is 1.94 bits per heavy atom. The van der Waals surface area contributed by atoms with E-state index in [1.165, 1.54) is 0 Å². The summed E-state index contributed by atoms with van der Waals surface area (Å²) in [7, 11) is 0. The number of hydrogen-bond donors (Lipinski definition) is 3. The first-order chi connectivity index (χ1) is 8.33. The fraction of sp³-hybridized carbons (Fsp3) is 0.417. The molecule has 5 nitrogen and oxygen atoms in total. The van der Waals surface area contributed by atoms with Gasteiger partial charge in [-0.25, -0.2) is 5.48 Å². The quantitative estimate of drug-likeness (QED) is 0.515. The van der Waals surface area contributed by atoms with E-state index in [0.717, 1.165) is 31.7 Å². The summed E-state index contributed by atoms with van der Waals surface area (Å²) < 4.78 is 0. The van der Waals surface area contributed by atoms with Crippen LogP contribution >= 0.6 is 0 Å². The molecule has 3 N–H and O–H groups in total. The molecule has 1 unspecified atom stereocenters. The molecule has 1 atom stereocenters. The number of hydrogen-bond acceptors (Lipinski definition) is 4. The van der Waals surface area contributed by atoms with E-state index in [2.05, 4.69) is 10.2 Å². The van der Waals surface area contributed by atoms with Gasteiger partial charge in [0, 0.05) is 26.2 Å². The molecule has 1 saturated heterocycles. The van der Waals surface area contributed by atoms with E-state index in [-0.39, 0.29) is 5.91 Å². The van der Waals surface area contributed by atoms with Gasteiger partial charge in [-0.1, -0.05) is 30.3 Å². The molecule has 1 heterocycles. The van der Waals surface area contributed by atoms with Gasteiger partial charge in [-0.3, -0.25) is 14.9 Å². The molecule has 1 aliphatic heterocycles. The van der Waals surface area contributed by atoms with Crippen molar-refractivity contribution in [2.24, 2.45) is 0 Å². The minimum absolute atomic E-state index is 0.377. The van der Waals surface area contributed by atoms with Crippen molar-refractivity contribution in [3.63, 3.8) is 0 Å². The Bertz CT molecular complexity index is 363. The summed E-state index contributed by atoms with van der Waals surface area (Å²) in [6, 6.07) is 9.10. The van der Waals surface area contributed by atoms with Gasteiger partial charge in [0.1, 0.15) is 6.04 Å². The highest BCUT2D eigenvalue weighted by molar-refractivity contribution is 5.82. The number of amides is 1. The molecule has 1 aromatic carbocycles. The lowest BCUT2D eigenvalue weighted by Gasteiger charge is -2.33. The van der Waals surface area contributed by atoms with Gasteiger partial charge < -0.3 is 5.32 Å². The summed E-state index contributed by atoms with van der Waals surface area (Å²) in [5.74, 6) is -0.377. The average molecular weight is 235 g/mol. The third-order valence-electron chi connectivity index (χ3n) is 2.99. The monoisotopic (exact) mass is 235 g/mol. The first kappa shape index (κ1) is 12.0. The first-order valence-corrected chi connectivity index (χ1v) is 5.76. The van der Waals surface area contributed by atoms with Gasteiger partial charge in [-0.05, 0) is 5.56 Å². The summed E-state index contributed by atoms with van der Waals surface area (Å²) >= 11 is 0. The molecule has 0 aromatic heterocycles. The number of rotatable bonds is 3. The molecule has 92 valence electrons. The third-order valence-corrected chi connectivity index (χ3v) is 2.99. The van der Waals surface area contributed by atoms with E-state index in [0.29, 0.717) is 0 Å². The maximum atomic E-state index is 11.8. The van der Waals surface area contributed by atoms with Crippen LogP contribution in [0.15, 0.2) is 30.3 Å². The van der Waals surface area contributed by atoms with Gasteiger partial charge in [0.2, 0.25) is 0 Å². The molecule has 5 heteroatoms. The lowest BCUT2D eigenvalue weighted by Crippen LogP contribution is -2.49. The highest BCUT2D eigenvalue weighted by Crippen LogP contribution is 2.20. The summed E-state index contributed by atoms with van der Waals surface area (Å²) in [5.41, 5.74) is 2.66. The number of piperazine rings is 1. The number of nitrogens with zero attached hydrogens (tertiary/aromatic N) is 1. The SMILES string of the molecule is O=C(NO)C(c1ccccc1)N1CCNCC1. The van der Waals surface area contributed by atoms with Crippen molar-refractivity contribution in [2.45, 2.75) is 6.04 Å². The second-order valence-electron chi connectivity index (χ2n) is 4.08. The first-order valence-electron chi connectivity index (χ1n) is 5.76. The van der Waals surface area contributed by atoms with E-state index >= 15 is 0 Å². The maximum absolute atomic E-state index is 11.8. The van der Waals surface area contributed by atoms with Gasteiger partial charge in [0.25, 0.3) is 5.91 Å². The predicted molar refractivity (Wildman–Crippen MR) is 63.6 cm³/mol. The Balaban J connectivity index is 2.21. The van der Waals surface area contributed by atoms with Crippen LogP contribution in [-0.4, -0.2) is 42.2 Å². The summed E-state index contributed by atoms with van der Waals surface area (Å²) in [5, 5.41) is 12.1. The average Bonchev–Trinajstić information content (AvgIpc) is 2.41. The Morgan fingerprint density at radius 3 is 2.53 bits per heavy atom. The Kier molecular flexibility index (Phi) is 4.08. The minimum Gasteiger partial charge on any atom is -0.314 e.